The van der Waals surface area contributed by atoms with E-state index in [0.717, 1.165) is 56.5 Å². The van der Waals surface area contributed by atoms with Crippen LogP contribution in [-0.2, 0) is 4.79 Å². The number of nitrogens with zero attached hydrogens (tertiary/aromatic N) is 1. The van der Waals surface area contributed by atoms with Crippen LogP contribution in [0, 0.1) is 17.8 Å². The highest BCUT2D eigenvalue weighted by atomic mass is 35.5. The summed E-state index contributed by atoms with van der Waals surface area (Å²) in [6.45, 7) is 1.85. The molecule has 0 aromatic carbocycles. The van der Waals surface area contributed by atoms with Crippen LogP contribution in [0.1, 0.15) is 64.2 Å². The lowest BCUT2D eigenvalue weighted by Crippen LogP contribution is -2.42. The van der Waals surface area contributed by atoms with Crippen LogP contribution in [0.5, 0.6) is 0 Å². The van der Waals surface area contributed by atoms with Crippen molar-refractivity contribution < 1.29 is 4.79 Å². The fraction of sp³-hybridized carbons (Fsp3) is 0.941. The number of nitrogens with two attached hydrogens (primary N) is 1. The Morgan fingerprint density at radius 3 is 2.19 bits per heavy atom. The molecule has 0 radical (unpaired) electrons. The molecule has 0 aromatic rings. The Morgan fingerprint density at radius 2 is 1.52 bits per heavy atom. The van der Waals surface area contributed by atoms with Gasteiger partial charge in [-0.2, -0.15) is 0 Å². The highest BCUT2D eigenvalue weighted by Gasteiger charge is 2.43. The van der Waals surface area contributed by atoms with Crippen LogP contribution >= 0.6 is 12.4 Å². The average molecular weight is 315 g/mol. The average Bonchev–Trinajstić information content (AvgIpc) is 2.62. The summed E-state index contributed by atoms with van der Waals surface area (Å²) in [6.07, 6.45) is 12.1. The number of carbonyl (C=O) groups excluding carboxylic acids is 1. The predicted molar refractivity (Wildman–Crippen MR) is 88.4 cm³/mol. The molecular formula is C17H31ClN2O. The Balaban J connectivity index is 0.00000161. The number of hydrogen-bond acceptors (Lipinski definition) is 2. The van der Waals surface area contributed by atoms with E-state index in [4.69, 9.17) is 5.73 Å². The van der Waals surface area contributed by atoms with Gasteiger partial charge in [-0.15, -0.1) is 12.4 Å². The molecule has 2 aliphatic heterocycles. The summed E-state index contributed by atoms with van der Waals surface area (Å²) in [6, 6.07) is 0.586. The molecule has 2 atom stereocenters. The molecule has 2 saturated carbocycles. The van der Waals surface area contributed by atoms with E-state index in [1.165, 1.54) is 38.5 Å². The van der Waals surface area contributed by atoms with Gasteiger partial charge in [0.1, 0.15) is 0 Å². The van der Waals surface area contributed by atoms with Crippen LogP contribution in [0.4, 0.5) is 0 Å². The summed E-state index contributed by atoms with van der Waals surface area (Å²) in [5.74, 6) is 3.11. The van der Waals surface area contributed by atoms with Crippen molar-refractivity contribution in [3.05, 3.63) is 0 Å². The molecule has 4 rings (SSSR count). The van der Waals surface area contributed by atoms with Crippen molar-refractivity contribution in [3.63, 3.8) is 0 Å². The predicted octanol–water partition coefficient (Wildman–Crippen LogP) is 3.35. The standard InChI is InChI=1S/C17H30N2O.ClH/c18-6-4-2-1-3-5-17(20)19-12-15-8-13-7-14(9-15)11-16(19)10-13;/h13-16H,1-12,18H2;1H. The van der Waals surface area contributed by atoms with Gasteiger partial charge in [0, 0.05) is 19.0 Å². The molecular weight excluding hydrogens is 284 g/mol. The third-order valence-corrected chi connectivity index (χ3v) is 5.77. The smallest absolute Gasteiger partial charge is 0.222 e. The Bertz CT molecular complexity index is 336. The highest BCUT2D eigenvalue weighted by Crippen LogP contribution is 2.47. The van der Waals surface area contributed by atoms with Crippen LogP contribution in [0.2, 0.25) is 0 Å². The van der Waals surface area contributed by atoms with Crippen molar-refractivity contribution in [1.82, 2.24) is 4.90 Å². The number of hydrogen-bond donors (Lipinski definition) is 1. The van der Waals surface area contributed by atoms with Gasteiger partial charge in [-0.05, 0) is 69.2 Å². The van der Waals surface area contributed by atoms with Gasteiger partial charge < -0.3 is 10.6 Å². The minimum Gasteiger partial charge on any atom is -0.339 e. The molecule has 4 heteroatoms. The van der Waals surface area contributed by atoms with Gasteiger partial charge in [-0.3, -0.25) is 4.79 Å². The first-order valence-corrected chi connectivity index (χ1v) is 8.75. The fourth-order valence-corrected chi connectivity index (χ4v) is 5.01. The molecule has 3 nitrogen and oxygen atoms in total. The maximum Gasteiger partial charge on any atom is 0.222 e. The molecule has 2 aliphatic carbocycles. The third-order valence-electron chi connectivity index (χ3n) is 5.77. The van der Waals surface area contributed by atoms with E-state index in [-0.39, 0.29) is 12.4 Å². The van der Waals surface area contributed by atoms with Crippen LogP contribution in [0.3, 0.4) is 0 Å². The Morgan fingerprint density at radius 1 is 0.905 bits per heavy atom. The van der Waals surface area contributed by atoms with E-state index < -0.39 is 0 Å². The Hall–Kier alpha value is -0.280. The van der Waals surface area contributed by atoms with Crippen molar-refractivity contribution in [2.75, 3.05) is 13.1 Å². The topological polar surface area (TPSA) is 46.3 Å². The van der Waals surface area contributed by atoms with Crippen molar-refractivity contribution in [1.29, 1.82) is 0 Å². The summed E-state index contributed by atoms with van der Waals surface area (Å²) >= 11 is 0. The number of carbonyl (C=O) groups is 1. The monoisotopic (exact) mass is 314 g/mol. The Kier molecular flexibility index (Phi) is 6.36. The first kappa shape index (κ1) is 17.1. The molecule has 4 bridgehead atoms. The van der Waals surface area contributed by atoms with E-state index in [1.54, 1.807) is 0 Å². The maximum atomic E-state index is 12.5. The molecule has 2 N–H and O–H groups in total. The molecule has 0 spiro atoms. The van der Waals surface area contributed by atoms with Crippen molar-refractivity contribution >= 4 is 18.3 Å². The zero-order chi connectivity index (χ0) is 13.9. The number of halogens is 1. The summed E-state index contributed by atoms with van der Waals surface area (Å²) in [5.41, 5.74) is 5.51. The summed E-state index contributed by atoms with van der Waals surface area (Å²) in [4.78, 5) is 14.8. The minimum absolute atomic E-state index is 0. The second-order valence-corrected chi connectivity index (χ2v) is 7.43. The van der Waals surface area contributed by atoms with Gasteiger partial charge in [-0.1, -0.05) is 12.8 Å². The van der Waals surface area contributed by atoms with Crippen LogP contribution in [0.15, 0.2) is 0 Å². The van der Waals surface area contributed by atoms with Gasteiger partial charge in [-0.25, -0.2) is 0 Å². The van der Waals surface area contributed by atoms with Gasteiger partial charge >= 0.3 is 0 Å². The second-order valence-electron chi connectivity index (χ2n) is 7.43. The molecule has 4 aliphatic rings. The molecule has 2 heterocycles. The zero-order valence-corrected chi connectivity index (χ0v) is 14.0. The third kappa shape index (κ3) is 4.13. The highest BCUT2D eigenvalue weighted by molar-refractivity contribution is 5.85. The van der Waals surface area contributed by atoms with E-state index in [9.17, 15) is 4.79 Å². The summed E-state index contributed by atoms with van der Waals surface area (Å²) in [5, 5.41) is 0. The van der Waals surface area contributed by atoms with Crippen molar-refractivity contribution in [2.24, 2.45) is 23.5 Å². The van der Waals surface area contributed by atoms with E-state index in [2.05, 4.69) is 4.90 Å². The van der Waals surface area contributed by atoms with E-state index in [0.29, 0.717) is 11.9 Å². The maximum absolute atomic E-state index is 12.5. The summed E-state index contributed by atoms with van der Waals surface area (Å²) in [7, 11) is 0. The zero-order valence-electron chi connectivity index (χ0n) is 13.1. The SMILES string of the molecule is Cl.NCCCCCCC(=O)N1CC2CC3CC(C2)CC1C3. The molecule has 2 unspecified atom stereocenters. The van der Waals surface area contributed by atoms with Crippen molar-refractivity contribution in [3.8, 4) is 0 Å². The van der Waals surface area contributed by atoms with Gasteiger partial charge in [0.15, 0.2) is 0 Å². The molecule has 1 amide bonds. The minimum atomic E-state index is 0. The first-order chi connectivity index (χ1) is 9.76. The quantitative estimate of drug-likeness (QED) is 0.764. The molecule has 122 valence electrons. The second kappa shape index (κ2) is 7.82. The van der Waals surface area contributed by atoms with E-state index >= 15 is 0 Å². The molecule has 2 saturated heterocycles. The van der Waals surface area contributed by atoms with Crippen LogP contribution in [-0.4, -0.2) is 29.9 Å². The van der Waals surface area contributed by atoms with Crippen LogP contribution in [0.25, 0.3) is 0 Å². The van der Waals surface area contributed by atoms with Crippen LogP contribution < -0.4 is 5.73 Å². The largest absolute Gasteiger partial charge is 0.339 e. The van der Waals surface area contributed by atoms with Gasteiger partial charge in [0.2, 0.25) is 5.91 Å². The Labute approximate surface area is 135 Å². The van der Waals surface area contributed by atoms with Crippen molar-refractivity contribution in [2.45, 2.75) is 70.3 Å². The lowest BCUT2D eigenvalue weighted by Gasteiger charge is -2.39. The number of fused-ring (bicyclic) bond motifs is 1. The number of rotatable bonds is 6. The summed E-state index contributed by atoms with van der Waals surface area (Å²) < 4.78 is 0. The molecule has 0 aromatic heterocycles. The molecule has 4 fully saturated rings. The first-order valence-electron chi connectivity index (χ1n) is 8.75. The lowest BCUT2D eigenvalue weighted by atomic mass is 9.68. The fourth-order valence-electron chi connectivity index (χ4n) is 5.01. The van der Waals surface area contributed by atoms with Gasteiger partial charge in [0.25, 0.3) is 0 Å². The molecule has 21 heavy (non-hydrogen) atoms. The van der Waals surface area contributed by atoms with E-state index in [1.807, 2.05) is 0 Å². The lowest BCUT2D eigenvalue weighted by molar-refractivity contribution is -0.134. The van der Waals surface area contributed by atoms with Gasteiger partial charge in [0.05, 0.1) is 0 Å². The number of amides is 1. The number of unbranched alkanes of at least 4 members (excludes halogenated alkanes) is 3. The normalized spacial score (nSPS) is 33.7.